The summed E-state index contributed by atoms with van der Waals surface area (Å²) in [5.41, 5.74) is 1.09. The van der Waals surface area contributed by atoms with Gasteiger partial charge in [-0.2, -0.15) is 0 Å². The molecule has 0 spiro atoms. The Kier molecular flexibility index (Phi) is 3.98. The van der Waals surface area contributed by atoms with Gasteiger partial charge in [-0.1, -0.05) is 45.2 Å². The summed E-state index contributed by atoms with van der Waals surface area (Å²) in [6.45, 7) is 0. The molecule has 1 fully saturated rings. The highest BCUT2D eigenvalue weighted by atomic mass is 79.9. The Bertz CT molecular complexity index is 327. The smallest absolute Gasteiger partial charge is 0.0452 e. The number of rotatable bonds is 4. The van der Waals surface area contributed by atoms with Gasteiger partial charge in [0, 0.05) is 14.9 Å². The quantitative estimate of drug-likeness (QED) is 0.679. The zero-order valence-electron chi connectivity index (χ0n) is 8.35. The Hall–Kier alpha value is 0.280. The fraction of sp³-hybridized carbons (Fsp3) is 0.500. The second kappa shape index (κ2) is 5.07. The van der Waals surface area contributed by atoms with Crippen LogP contribution in [0.5, 0.6) is 0 Å². The molecule has 0 N–H and O–H groups in total. The standard InChI is InChI=1S/C12H13BrCl2/c13-10(8-4-5-8)7-6-9-11(14)2-1-3-12(9)15/h1-3,8,10H,4-7H2. The van der Waals surface area contributed by atoms with Crippen LogP contribution in [0.1, 0.15) is 24.8 Å². The summed E-state index contributed by atoms with van der Waals surface area (Å²) >= 11 is 15.9. The first kappa shape index (κ1) is 11.8. The summed E-state index contributed by atoms with van der Waals surface area (Å²) in [6, 6.07) is 5.70. The lowest BCUT2D eigenvalue weighted by Crippen LogP contribution is -2.02. The predicted octanol–water partition coefficient (Wildman–Crippen LogP) is 5.10. The summed E-state index contributed by atoms with van der Waals surface area (Å²) in [7, 11) is 0. The van der Waals surface area contributed by atoms with Crippen molar-refractivity contribution in [1.29, 1.82) is 0 Å². The lowest BCUT2D eigenvalue weighted by molar-refractivity contribution is 0.696. The van der Waals surface area contributed by atoms with Crippen molar-refractivity contribution in [2.75, 3.05) is 0 Å². The van der Waals surface area contributed by atoms with E-state index in [1.54, 1.807) is 0 Å². The molecule has 0 aliphatic heterocycles. The summed E-state index contributed by atoms with van der Waals surface area (Å²) in [5, 5.41) is 1.58. The maximum Gasteiger partial charge on any atom is 0.0452 e. The van der Waals surface area contributed by atoms with E-state index in [0.29, 0.717) is 4.83 Å². The number of alkyl halides is 1. The summed E-state index contributed by atoms with van der Waals surface area (Å²) in [6.07, 6.45) is 4.82. The molecule has 0 heterocycles. The van der Waals surface area contributed by atoms with Crippen LogP contribution in [-0.4, -0.2) is 4.83 Å². The van der Waals surface area contributed by atoms with E-state index in [1.165, 1.54) is 12.8 Å². The Morgan fingerprint density at radius 1 is 1.27 bits per heavy atom. The minimum absolute atomic E-state index is 0.629. The van der Waals surface area contributed by atoms with Gasteiger partial charge >= 0.3 is 0 Å². The first-order valence-electron chi connectivity index (χ1n) is 5.25. The zero-order chi connectivity index (χ0) is 10.8. The van der Waals surface area contributed by atoms with Crippen molar-refractivity contribution in [3.63, 3.8) is 0 Å². The van der Waals surface area contributed by atoms with Gasteiger partial charge in [0.2, 0.25) is 0 Å². The van der Waals surface area contributed by atoms with Gasteiger partial charge in [-0.05, 0) is 49.3 Å². The minimum atomic E-state index is 0.629. The molecule has 0 saturated heterocycles. The Labute approximate surface area is 109 Å². The van der Waals surface area contributed by atoms with E-state index in [1.807, 2.05) is 18.2 Å². The molecule has 0 aromatic heterocycles. The average molecular weight is 308 g/mol. The van der Waals surface area contributed by atoms with Crippen LogP contribution < -0.4 is 0 Å². The topological polar surface area (TPSA) is 0 Å². The van der Waals surface area contributed by atoms with Crippen molar-refractivity contribution in [3.05, 3.63) is 33.8 Å². The number of halogens is 3. The Morgan fingerprint density at radius 2 is 1.87 bits per heavy atom. The fourth-order valence-corrected chi connectivity index (χ4v) is 3.09. The van der Waals surface area contributed by atoms with Crippen LogP contribution in [0.25, 0.3) is 0 Å². The molecular weight excluding hydrogens is 295 g/mol. The van der Waals surface area contributed by atoms with Gasteiger partial charge in [0.1, 0.15) is 0 Å². The molecule has 2 rings (SSSR count). The molecule has 0 amide bonds. The summed E-state index contributed by atoms with van der Waals surface area (Å²) in [5.74, 6) is 0.881. The van der Waals surface area contributed by atoms with Crippen molar-refractivity contribution < 1.29 is 0 Å². The van der Waals surface area contributed by atoms with Gasteiger partial charge in [0.25, 0.3) is 0 Å². The van der Waals surface area contributed by atoms with Gasteiger partial charge < -0.3 is 0 Å². The molecule has 1 aliphatic rings. The third kappa shape index (κ3) is 3.12. The van der Waals surface area contributed by atoms with Gasteiger partial charge in [0.05, 0.1) is 0 Å². The van der Waals surface area contributed by atoms with Crippen molar-refractivity contribution in [2.24, 2.45) is 5.92 Å². The molecule has 15 heavy (non-hydrogen) atoms. The zero-order valence-corrected chi connectivity index (χ0v) is 11.4. The second-order valence-corrected chi connectivity index (χ2v) is 6.08. The van der Waals surface area contributed by atoms with Crippen LogP contribution in [0.15, 0.2) is 18.2 Å². The van der Waals surface area contributed by atoms with Gasteiger partial charge in [-0.25, -0.2) is 0 Å². The van der Waals surface area contributed by atoms with E-state index < -0.39 is 0 Å². The first-order valence-corrected chi connectivity index (χ1v) is 6.92. The van der Waals surface area contributed by atoms with Crippen molar-refractivity contribution in [3.8, 4) is 0 Å². The lowest BCUT2D eigenvalue weighted by atomic mass is 10.1. The largest absolute Gasteiger partial charge is 0.0888 e. The first-order chi connectivity index (χ1) is 7.18. The molecule has 1 atom stereocenters. The van der Waals surface area contributed by atoms with E-state index in [0.717, 1.165) is 34.4 Å². The van der Waals surface area contributed by atoms with Crippen LogP contribution in [0.3, 0.4) is 0 Å². The van der Waals surface area contributed by atoms with Crippen LogP contribution in [-0.2, 0) is 6.42 Å². The molecular formula is C12H13BrCl2. The maximum absolute atomic E-state index is 6.11. The van der Waals surface area contributed by atoms with Gasteiger partial charge in [0.15, 0.2) is 0 Å². The molecule has 3 heteroatoms. The van der Waals surface area contributed by atoms with E-state index >= 15 is 0 Å². The number of hydrogen-bond acceptors (Lipinski definition) is 0. The normalized spacial score (nSPS) is 17.8. The van der Waals surface area contributed by atoms with Crippen LogP contribution in [0.4, 0.5) is 0 Å². The molecule has 0 bridgehead atoms. The number of hydrogen-bond donors (Lipinski definition) is 0. The van der Waals surface area contributed by atoms with E-state index in [4.69, 9.17) is 23.2 Å². The van der Waals surface area contributed by atoms with E-state index in [9.17, 15) is 0 Å². The van der Waals surface area contributed by atoms with Crippen LogP contribution >= 0.6 is 39.1 Å². The highest BCUT2D eigenvalue weighted by Gasteiger charge is 2.28. The minimum Gasteiger partial charge on any atom is -0.0888 e. The Balaban J connectivity index is 1.97. The molecule has 1 saturated carbocycles. The summed E-state index contributed by atoms with van der Waals surface area (Å²) < 4.78 is 0. The SMILES string of the molecule is Clc1cccc(Cl)c1CCC(Br)C1CC1. The highest BCUT2D eigenvalue weighted by Crippen LogP contribution is 2.39. The molecule has 0 radical (unpaired) electrons. The molecule has 1 unspecified atom stereocenters. The average Bonchev–Trinajstić information content (AvgIpc) is 2.99. The lowest BCUT2D eigenvalue weighted by Gasteiger charge is -2.10. The van der Waals surface area contributed by atoms with Crippen LogP contribution in [0.2, 0.25) is 10.0 Å². The molecule has 0 nitrogen and oxygen atoms in total. The summed E-state index contributed by atoms with van der Waals surface area (Å²) in [4.78, 5) is 0.629. The Morgan fingerprint density at radius 3 is 2.40 bits per heavy atom. The fourth-order valence-electron chi connectivity index (χ4n) is 1.75. The van der Waals surface area contributed by atoms with Crippen molar-refractivity contribution in [1.82, 2.24) is 0 Å². The third-order valence-electron chi connectivity index (χ3n) is 2.87. The monoisotopic (exact) mass is 306 g/mol. The molecule has 82 valence electrons. The van der Waals surface area contributed by atoms with Gasteiger partial charge in [-0.3, -0.25) is 0 Å². The van der Waals surface area contributed by atoms with Crippen molar-refractivity contribution >= 4 is 39.1 Å². The van der Waals surface area contributed by atoms with Gasteiger partial charge in [-0.15, -0.1) is 0 Å². The molecule has 1 aromatic rings. The van der Waals surface area contributed by atoms with E-state index in [2.05, 4.69) is 15.9 Å². The molecule has 1 aromatic carbocycles. The highest BCUT2D eigenvalue weighted by molar-refractivity contribution is 9.09. The number of benzene rings is 1. The maximum atomic E-state index is 6.11. The molecule has 1 aliphatic carbocycles. The predicted molar refractivity (Wildman–Crippen MR) is 70.2 cm³/mol. The third-order valence-corrected chi connectivity index (χ3v) is 4.78. The van der Waals surface area contributed by atoms with Crippen LogP contribution in [0, 0.1) is 5.92 Å². The second-order valence-electron chi connectivity index (χ2n) is 4.09. The van der Waals surface area contributed by atoms with Crippen molar-refractivity contribution in [2.45, 2.75) is 30.5 Å². The van der Waals surface area contributed by atoms with E-state index in [-0.39, 0.29) is 0 Å².